The van der Waals surface area contributed by atoms with Crippen LogP contribution in [-0.2, 0) is 6.54 Å². The van der Waals surface area contributed by atoms with E-state index in [9.17, 15) is 0 Å². The zero-order chi connectivity index (χ0) is 12.8. The highest BCUT2D eigenvalue weighted by atomic mass is 15.4. The Hall–Kier alpha value is -1.28. The molecule has 2 atom stereocenters. The number of rotatable bonds is 2. The number of hydrogen-bond acceptors (Lipinski definition) is 2. The van der Waals surface area contributed by atoms with Crippen molar-refractivity contribution in [3.63, 3.8) is 0 Å². The van der Waals surface area contributed by atoms with E-state index in [1.807, 2.05) is 0 Å². The molecule has 0 amide bonds. The summed E-state index contributed by atoms with van der Waals surface area (Å²) in [7, 11) is 0. The summed E-state index contributed by atoms with van der Waals surface area (Å²) in [6.45, 7) is 12.4. The predicted molar refractivity (Wildman–Crippen MR) is 75.2 cm³/mol. The van der Waals surface area contributed by atoms with Crippen molar-refractivity contribution in [3.8, 4) is 0 Å². The molecule has 96 valence electrons. The molecule has 0 aliphatic carbocycles. The lowest BCUT2D eigenvalue weighted by atomic mass is 9.79. The molecule has 2 aliphatic rings. The summed E-state index contributed by atoms with van der Waals surface area (Å²) in [6, 6.07) is 11.3. The van der Waals surface area contributed by atoms with Gasteiger partial charge in [0.1, 0.15) is 0 Å². The van der Waals surface area contributed by atoms with E-state index in [4.69, 9.17) is 0 Å². The van der Waals surface area contributed by atoms with Gasteiger partial charge in [-0.25, -0.2) is 0 Å². The molecular formula is C16H22N2. The van der Waals surface area contributed by atoms with Crippen molar-refractivity contribution >= 4 is 0 Å². The standard InChI is InChI=1S/C16H22N2/c1-13-11-17(12-15-7-5-4-6-8-15)14(2)16(3)9-10-18(13)16/h4-8,13H,2,9-12H2,1,3H3. The minimum Gasteiger partial charge on any atom is -0.368 e. The first-order chi connectivity index (χ1) is 8.61. The van der Waals surface area contributed by atoms with E-state index in [-0.39, 0.29) is 5.54 Å². The van der Waals surface area contributed by atoms with Crippen LogP contribution in [0.1, 0.15) is 25.8 Å². The molecule has 0 radical (unpaired) electrons. The molecule has 2 saturated heterocycles. The second kappa shape index (κ2) is 4.13. The Morgan fingerprint density at radius 3 is 2.67 bits per heavy atom. The van der Waals surface area contributed by atoms with Crippen LogP contribution >= 0.6 is 0 Å². The average molecular weight is 242 g/mol. The lowest BCUT2D eigenvalue weighted by Gasteiger charge is -2.61. The molecule has 3 rings (SSSR count). The maximum absolute atomic E-state index is 4.36. The summed E-state index contributed by atoms with van der Waals surface area (Å²) in [4.78, 5) is 5.06. The molecule has 0 spiro atoms. The van der Waals surface area contributed by atoms with Gasteiger partial charge < -0.3 is 4.90 Å². The summed E-state index contributed by atoms with van der Waals surface area (Å²) < 4.78 is 0. The quantitative estimate of drug-likeness (QED) is 0.787. The van der Waals surface area contributed by atoms with Gasteiger partial charge in [0.05, 0.1) is 5.54 Å². The number of benzene rings is 1. The molecule has 2 unspecified atom stereocenters. The Kier molecular flexibility index (Phi) is 2.70. The van der Waals surface area contributed by atoms with E-state index in [0.717, 1.165) is 13.1 Å². The Balaban J connectivity index is 1.79. The molecule has 2 nitrogen and oxygen atoms in total. The maximum atomic E-state index is 4.36. The maximum Gasteiger partial charge on any atom is 0.0590 e. The topological polar surface area (TPSA) is 6.48 Å². The van der Waals surface area contributed by atoms with Crippen LogP contribution in [0.2, 0.25) is 0 Å². The highest BCUT2D eigenvalue weighted by Crippen LogP contribution is 2.43. The average Bonchev–Trinajstić information content (AvgIpc) is 2.34. The van der Waals surface area contributed by atoms with Crippen LogP contribution in [0.3, 0.4) is 0 Å². The third-order valence-electron chi connectivity index (χ3n) is 4.71. The first-order valence-corrected chi connectivity index (χ1v) is 6.86. The van der Waals surface area contributed by atoms with Crippen LogP contribution in [0.25, 0.3) is 0 Å². The van der Waals surface area contributed by atoms with E-state index in [0.29, 0.717) is 6.04 Å². The summed E-state index contributed by atoms with van der Waals surface area (Å²) in [5, 5.41) is 0. The Labute approximate surface area is 110 Å². The van der Waals surface area contributed by atoms with E-state index in [1.54, 1.807) is 0 Å². The van der Waals surface area contributed by atoms with Gasteiger partial charge in [-0.15, -0.1) is 0 Å². The number of hydrogen-bond donors (Lipinski definition) is 0. The van der Waals surface area contributed by atoms with Crippen molar-refractivity contribution in [2.45, 2.75) is 38.4 Å². The summed E-state index contributed by atoms with van der Waals surface area (Å²) in [5.41, 5.74) is 2.89. The van der Waals surface area contributed by atoms with Crippen LogP contribution in [0.5, 0.6) is 0 Å². The number of piperazine rings is 1. The van der Waals surface area contributed by atoms with Gasteiger partial charge in [-0.1, -0.05) is 36.9 Å². The molecule has 2 heterocycles. The SMILES string of the molecule is C=C1N(Cc2ccccc2)CC(C)N2CCC12C. The van der Waals surface area contributed by atoms with Gasteiger partial charge in [0.15, 0.2) is 0 Å². The molecule has 1 aromatic rings. The fourth-order valence-corrected chi connectivity index (χ4v) is 3.43. The van der Waals surface area contributed by atoms with E-state index in [1.165, 1.54) is 24.2 Å². The molecule has 0 saturated carbocycles. The van der Waals surface area contributed by atoms with Crippen molar-refractivity contribution in [1.29, 1.82) is 0 Å². The van der Waals surface area contributed by atoms with Gasteiger partial charge in [0, 0.05) is 31.4 Å². The Morgan fingerprint density at radius 1 is 1.33 bits per heavy atom. The van der Waals surface area contributed by atoms with Crippen molar-refractivity contribution in [2.24, 2.45) is 0 Å². The zero-order valence-electron chi connectivity index (χ0n) is 11.4. The molecule has 2 heteroatoms. The van der Waals surface area contributed by atoms with Crippen molar-refractivity contribution in [1.82, 2.24) is 9.80 Å². The van der Waals surface area contributed by atoms with Gasteiger partial charge in [-0.3, -0.25) is 4.90 Å². The normalized spacial score (nSPS) is 32.0. The van der Waals surface area contributed by atoms with Crippen molar-refractivity contribution in [2.75, 3.05) is 13.1 Å². The van der Waals surface area contributed by atoms with E-state index >= 15 is 0 Å². The van der Waals surface area contributed by atoms with Crippen LogP contribution in [0.4, 0.5) is 0 Å². The lowest BCUT2D eigenvalue weighted by Crippen LogP contribution is -2.69. The second-order valence-electron chi connectivity index (χ2n) is 5.88. The van der Waals surface area contributed by atoms with Gasteiger partial charge in [-0.2, -0.15) is 0 Å². The smallest absolute Gasteiger partial charge is 0.0590 e. The Morgan fingerprint density at radius 2 is 2.06 bits per heavy atom. The summed E-state index contributed by atoms with van der Waals surface area (Å²) in [6.07, 6.45) is 1.25. The second-order valence-corrected chi connectivity index (χ2v) is 5.88. The predicted octanol–water partition coefficient (Wildman–Crippen LogP) is 2.87. The molecule has 2 fully saturated rings. The molecule has 0 aromatic heterocycles. The van der Waals surface area contributed by atoms with Crippen molar-refractivity contribution < 1.29 is 0 Å². The molecule has 0 bridgehead atoms. The largest absolute Gasteiger partial charge is 0.368 e. The first-order valence-electron chi connectivity index (χ1n) is 6.86. The van der Waals surface area contributed by atoms with Crippen molar-refractivity contribution in [3.05, 3.63) is 48.2 Å². The number of fused-ring (bicyclic) bond motifs is 1. The molecule has 0 N–H and O–H groups in total. The third-order valence-corrected chi connectivity index (χ3v) is 4.71. The zero-order valence-corrected chi connectivity index (χ0v) is 11.4. The van der Waals surface area contributed by atoms with Gasteiger partial charge >= 0.3 is 0 Å². The van der Waals surface area contributed by atoms with Crippen LogP contribution < -0.4 is 0 Å². The number of nitrogens with zero attached hydrogens (tertiary/aromatic N) is 2. The molecule has 1 aromatic carbocycles. The lowest BCUT2D eigenvalue weighted by molar-refractivity contribution is -0.0654. The summed E-state index contributed by atoms with van der Waals surface area (Å²) >= 11 is 0. The minimum absolute atomic E-state index is 0.215. The third kappa shape index (κ3) is 1.67. The molecular weight excluding hydrogens is 220 g/mol. The fourth-order valence-electron chi connectivity index (χ4n) is 3.43. The van der Waals surface area contributed by atoms with Gasteiger partial charge in [0.2, 0.25) is 0 Å². The highest BCUT2D eigenvalue weighted by Gasteiger charge is 2.50. The van der Waals surface area contributed by atoms with E-state index in [2.05, 4.69) is 60.6 Å². The van der Waals surface area contributed by atoms with Gasteiger partial charge in [0.25, 0.3) is 0 Å². The minimum atomic E-state index is 0.215. The van der Waals surface area contributed by atoms with Crippen LogP contribution in [0, 0.1) is 0 Å². The molecule has 2 aliphatic heterocycles. The highest BCUT2D eigenvalue weighted by molar-refractivity contribution is 5.25. The van der Waals surface area contributed by atoms with Crippen LogP contribution in [0.15, 0.2) is 42.6 Å². The summed E-state index contributed by atoms with van der Waals surface area (Å²) in [5.74, 6) is 0. The first kappa shape index (κ1) is 11.8. The van der Waals surface area contributed by atoms with Gasteiger partial charge in [-0.05, 0) is 25.8 Å². The fraction of sp³-hybridized carbons (Fsp3) is 0.500. The molecule has 18 heavy (non-hydrogen) atoms. The Bertz CT molecular complexity index is 453. The monoisotopic (exact) mass is 242 g/mol. The van der Waals surface area contributed by atoms with E-state index < -0.39 is 0 Å². The van der Waals surface area contributed by atoms with Crippen LogP contribution in [-0.4, -0.2) is 34.5 Å².